The molecule has 0 aliphatic heterocycles. The highest BCUT2D eigenvalue weighted by atomic mass is 16.5. The summed E-state index contributed by atoms with van der Waals surface area (Å²) in [5.74, 6) is -0.420. The van der Waals surface area contributed by atoms with Gasteiger partial charge >= 0.3 is 12.1 Å². The molecule has 0 spiro atoms. The number of para-hydroxylation sites is 1. The zero-order valence-electron chi connectivity index (χ0n) is 14.4. The van der Waals surface area contributed by atoms with Crippen LogP contribution in [0.4, 0.5) is 4.79 Å². The number of ether oxygens (including phenoxy) is 2. The SMILES string of the molecule is CCOC(=O)C=Cc1cn(C(=O)OCc2ccccc2)c2ccccc12. The Bertz CT molecular complexity index is 941. The van der Waals surface area contributed by atoms with Gasteiger partial charge < -0.3 is 9.47 Å². The normalized spacial score (nSPS) is 11.0. The van der Waals surface area contributed by atoms with Crippen molar-refractivity contribution in [2.75, 3.05) is 6.61 Å². The summed E-state index contributed by atoms with van der Waals surface area (Å²) in [6.07, 6.45) is 4.18. The summed E-state index contributed by atoms with van der Waals surface area (Å²) in [5.41, 5.74) is 2.37. The van der Waals surface area contributed by atoms with Gasteiger partial charge in [0.15, 0.2) is 0 Å². The second kappa shape index (κ2) is 8.16. The van der Waals surface area contributed by atoms with E-state index in [1.807, 2.05) is 54.6 Å². The lowest BCUT2D eigenvalue weighted by molar-refractivity contribution is -0.137. The van der Waals surface area contributed by atoms with Crippen LogP contribution in [0.1, 0.15) is 18.1 Å². The standard InChI is InChI=1S/C21H19NO4/c1-2-25-20(23)13-12-17-14-22(19-11-7-6-10-18(17)19)21(24)26-15-16-8-4-3-5-9-16/h3-14H,2,15H2,1H3. The predicted molar refractivity (Wildman–Crippen MR) is 99.6 cm³/mol. The zero-order valence-corrected chi connectivity index (χ0v) is 14.4. The Kier molecular flexibility index (Phi) is 5.49. The van der Waals surface area contributed by atoms with Crippen molar-refractivity contribution in [1.29, 1.82) is 0 Å². The highest BCUT2D eigenvalue weighted by Gasteiger charge is 2.13. The number of aromatic nitrogens is 1. The van der Waals surface area contributed by atoms with Crippen LogP contribution in [0.3, 0.4) is 0 Å². The van der Waals surface area contributed by atoms with Crippen LogP contribution in [0.5, 0.6) is 0 Å². The molecule has 0 atom stereocenters. The van der Waals surface area contributed by atoms with E-state index >= 15 is 0 Å². The van der Waals surface area contributed by atoms with Crippen molar-refractivity contribution < 1.29 is 19.1 Å². The molecule has 26 heavy (non-hydrogen) atoms. The molecule has 0 fully saturated rings. The van der Waals surface area contributed by atoms with Crippen molar-refractivity contribution in [2.24, 2.45) is 0 Å². The monoisotopic (exact) mass is 349 g/mol. The van der Waals surface area contributed by atoms with E-state index in [-0.39, 0.29) is 6.61 Å². The molecule has 0 unspecified atom stereocenters. The first-order chi connectivity index (χ1) is 12.7. The van der Waals surface area contributed by atoms with Gasteiger partial charge in [-0.1, -0.05) is 48.5 Å². The molecule has 0 radical (unpaired) electrons. The van der Waals surface area contributed by atoms with Crippen LogP contribution >= 0.6 is 0 Å². The molecule has 0 bridgehead atoms. The number of nitrogens with zero attached hydrogens (tertiary/aromatic N) is 1. The van der Waals surface area contributed by atoms with Gasteiger partial charge in [-0.2, -0.15) is 0 Å². The molecule has 0 N–H and O–H groups in total. The third-order valence-corrected chi connectivity index (χ3v) is 3.83. The molecule has 2 aromatic carbocycles. The summed E-state index contributed by atoms with van der Waals surface area (Å²) >= 11 is 0. The number of fused-ring (bicyclic) bond motifs is 1. The molecule has 0 amide bonds. The average molecular weight is 349 g/mol. The molecule has 0 aliphatic carbocycles. The predicted octanol–water partition coefficient (Wildman–Crippen LogP) is 4.40. The van der Waals surface area contributed by atoms with E-state index in [9.17, 15) is 9.59 Å². The maximum atomic E-state index is 12.5. The fraction of sp³-hybridized carbons (Fsp3) is 0.143. The molecule has 3 aromatic rings. The number of carbonyl (C=O) groups excluding carboxylic acids is 2. The minimum absolute atomic E-state index is 0.195. The Morgan fingerprint density at radius 1 is 1.00 bits per heavy atom. The Morgan fingerprint density at radius 3 is 2.50 bits per heavy atom. The Balaban J connectivity index is 1.84. The minimum atomic E-state index is -0.471. The average Bonchev–Trinajstić information content (AvgIpc) is 3.04. The number of carbonyl (C=O) groups is 2. The van der Waals surface area contributed by atoms with E-state index in [1.54, 1.807) is 19.2 Å². The van der Waals surface area contributed by atoms with Gasteiger partial charge in [0.05, 0.1) is 12.1 Å². The van der Waals surface area contributed by atoms with Crippen molar-refractivity contribution in [2.45, 2.75) is 13.5 Å². The van der Waals surface area contributed by atoms with E-state index in [0.29, 0.717) is 12.1 Å². The first-order valence-electron chi connectivity index (χ1n) is 8.35. The highest BCUT2D eigenvalue weighted by Crippen LogP contribution is 2.23. The number of hydrogen-bond donors (Lipinski definition) is 0. The fourth-order valence-corrected chi connectivity index (χ4v) is 2.63. The molecule has 0 aliphatic rings. The second-order valence-electron chi connectivity index (χ2n) is 5.60. The first-order valence-corrected chi connectivity index (χ1v) is 8.35. The maximum Gasteiger partial charge on any atom is 0.418 e. The summed E-state index contributed by atoms with van der Waals surface area (Å²) in [5, 5.41) is 0.852. The van der Waals surface area contributed by atoms with Crippen LogP contribution in [0.2, 0.25) is 0 Å². The van der Waals surface area contributed by atoms with E-state index < -0.39 is 12.1 Å². The van der Waals surface area contributed by atoms with Crippen molar-refractivity contribution in [3.63, 3.8) is 0 Å². The molecule has 5 nitrogen and oxygen atoms in total. The quantitative estimate of drug-likeness (QED) is 0.506. The summed E-state index contributed by atoms with van der Waals surface area (Å²) in [4.78, 5) is 24.1. The lowest BCUT2D eigenvalue weighted by Gasteiger charge is -2.06. The summed E-state index contributed by atoms with van der Waals surface area (Å²) < 4.78 is 11.7. The van der Waals surface area contributed by atoms with Gasteiger partial charge in [-0.25, -0.2) is 9.59 Å². The van der Waals surface area contributed by atoms with Gasteiger partial charge in [-0.05, 0) is 24.6 Å². The van der Waals surface area contributed by atoms with Gasteiger partial charge in [-0.15, -0.1) is 0 Å². The number of benzene rings is 2. The molecule has 0 saturated carbocycles. The number of esters is 1. The van der Waals surface area contributed by atoms with Crippen LogP contribution in [0.15, 0.2) is 66.9 Å². The van der Waals surface area contributed by atoms with Crippen LogP contribution in [-0.4, -0.2) is 23.2 Å². The van der Waals surface area contributed by atoms with Crippen LogP contribution in [0, 0.1) is 0 Å². The van der Waals surface area contributed by atoms with Gasteiger partial charge in [-0.3, -0.25) is 4.57 Å². The third-order valence-electron chi connectivity index (χ3n) is 3.83. The molecule has 0 saturated heterocycles. The van der Waals surface area contributed by atoms with Crippen molar-refractivity contribution in [3.05, 3.63) is 78.0 Å². The smallest absolute Gasteiger partial charge is 0.418 e. The van der Waals surface area contributed by atoms with Crippen LogP contribution in [-0.2, 0) is 20.9 Å². The third kappa shape index (κ3) is 4.00. The molecule has 132 valence electrons. The van der Waals surface area contributed by atoms with Crippen molar-refractivity contribution >= 4 is 29.0 Å². The summed E-state index contributed by atoms with van der Waals surface area (Å²) in [6.45, 7) is 2.26. The lowest BCUT2D eigenvalue weighted by Crippen LogP contribution is -2.12. The Morgan fingerprint density at radius 2 is 1.73 bits per heavy atom. The summed E-state index contributed by atoms with van der Waals surface area (Å²) in [6, 6.07) is 16.9. The molecule has 1 aromatic heterocycles. The van der Waals surface area contributed by atoms with Gasteiger partial charge in [0.2, 0.25) is 0 Å². The minimum Gasteiger partial charge on any atom is -0.463 e. The molecule has 1 heterocycles. The van der Waals surface area contributed by atoms with Crippen LogP contribution in [0.25, 0.3) is 17.0 Å². The van der Waals surface area contributed by atoms with E-state index in [1.165, 1.54) is 10.6 Å². The van der Waals surface area contributed by atoms with Crippen molar-refractivity contribution in [3.8, 4) is 0 Å². The first kappa shape index (κ1) is 17.5. The maximum absolute atomic E-state index is 12.5. The molecular formula is C21H19NO4. The largest absolute Gasteiger partial charge is 0.463 e. The van der Waals surface area contributed by atoms with E-state index in [2.05, 4.69) is 0 Å². The van der Waals surface area contributed by atoms with E-state index in [4.69, 9.17) is 9.47 Å². The Hall–Kier alpha value is -3.34. The molecule has 5 heteroatoms. The topological polar surface area (TPSA) is 57.5 Å². The van der Waals surface area contributed by atoms with Gasteiger partial charge in [0.1, 0.15) is 6.61 Å². The lowest BCUT2D eigenvalue weighted by atomic mass is 10.1. The van der Waals surface area contributed by atoms with E-state index in [0.717, 1.165) is 16.5 Å². The Labute approximate surface area is 151 Å². The van der Waals surface area contributed by atoms with Gasteiger partial charge in [0.25, 0.3) is 0 Å². The zero-order chi connectivity index (χ0) is 18.4. The van der Waals surface area contributed by atoms with Crippen LogP contribution < -0.4 is 0 Å². The fourth-order valence-electron chi connectivity index (χ4n) is 2.63. The highest BCUT2D eigenvalue weighted by molar-refractivity contribution is 5.98. The summed E-state index contributed by atoms with van der Waals surface area (Å²) in [7, 11) is 0. The molecule has 3 rings (SSSR count). The van der Waals surface area contributed by atoms with Crippen molar-refractivity contribution in [1.82, 2.24) is 4.57 Å². The number of rotatable bonds is 5. The molecular weight excluding hydrogens is 330 g/mol. The van der Waals surface area contributed by atoms with Gasteiger partial charge in [0, 0.05) is 23.2 Å². The number of hydrogen-bond acceptors (Lipinski definition) is 4. The second-order valence-corrected chi connectivity index (χ2v) is 5.60.